The van der Waals surface area contributed by atoms with Crippen molar-refractivity contribution in [2.45, 2.75) is 24.4 Å². The van der Waals surface area contributed by atoms with Gasteiger partial charge in [-0.3, -0.25) is 0 Å². The number of esters is 1. The lowest BCUT2D eigenvalue weighted by molar-refractivity contribution is -0.221. The number of hydrogen-bond acceptors (Lipinski definition) is 6. The van der Waals surface area contributed by atoms with E-state index in [4.69, 9.17) is 20.4 Å². The summed E-state index contributed by atoms with van der Waals surface area (Å²) in [6, 6.07) is 0. The van der Waals surface area contributed by atoms with Gasteiger partial charge in [-0.2, -0.15) is 0 Å². The number of hydrogen-bond donors (Lipinski definition) is 4. The first-order valence-corrected chi connectivity index (χ1v) is 3.43. The quantitative estimate of drug-likeness (QED) is 0.343. The van der Waals surface area contributed by atoms with Gasteiger partial charge in [-0.1, -0.05) is 0 Å². The second-order valence-electron chi connectivity index (χ2n) is 2.59. The van der Waals surface area contributed by atoms with Crippen LogP contribution in [0.4, 0.5) is 0 Å². The molecule has 1 rings (SSSR count). The molecular weight excluding hydrogens is 168 g/mol. The zero-order valence-corrected chi connectivity index (χ0v) is 6.12. The van der Waals surface area contributed by atoms with E-state index < -0.39 is 37.0 Å². The summed E-state index contributed by atoms with van der Waals surface area (Å²) < 4.78 is 4.33. The molecule has 0 unspecified atom stereocenters. The fourth-order valence-electron chi connectivity index (χ4n) is 0.914. The molecule has 0 aromatic heterocycles. The van der Waals surface area contributed by atoms with Crippen molar-refractivity contribution in [1.82, 2.24) is 0 Å². The van der Waals surface area contributed by atoms with Crippen LogP contribution in [0.3, 0.4) is 0 Å². The van der Waals surface area contributed by atoms with Crippen LogP contribution in [0.15, 0.2) is 0 Å². The van der Waals surface area contributed by atoms with E-state index in [0.717, 1.165) is 0 Å². The second-order valence-corrected chi connectivity index (χ2v) is 2.59. The first kappa shape index (κ1) is 9.40. The van der Waals surface area contributed by atoms with Crippen LogP contribution in [-0.2, 0) is 9.53 Å². The Morgan fingerprint density at radius 1 is 1.50 bits per heavy atom. The average Bonchev–Trinajstić information content (AvgIpc) is 2.10. The molecule has 0 aromatic carbocycles. The summed E-state index contributed by atoms with van der Waals surface area (Å²) in [7, 11) is 0. The van der Waals surface area contributed by atoms with E-state index in [9.17, 15) is 4.79 Å². The zero-order valence-electron chi connectivity index (χ0n) is 6.12. The van der Waals surface area contributed by atoms with Gasteiger partial charge in [-0.05, 0) is 0 Å². The van der Waals surface area contributed by atoms with Crippen LogP contribution in [-0.4, -0.2) is 57.4 Å². The van der Waals surface area contributed by atoms with Crippen molar-refractivity contribution in [3.63, 3.8) is 0 Å². The third kappa shape index (κ3) is 1.42. The Morgan fingerprint density at radius 3 is 2.42 bits per heavy atom. The van der Waals surface area contributed by atoms with Crippen molar-refractivity contribution in [2.75, 3.05) is 6.61 Å². The third-order valence-electron chi connectivity index (χ3n) is 1.72. The monoisotopic (exact) mass is 178 g/mol. The molecule has 0 bridgehead atoms. The fraction of sp³-hybridized carbons (Fsp3) is 0.833. The van der Waals surface area contributed by atoms with Crippen molar-refractivity contribution in [3.8, 4) is 0 Å². The minimum absolute atomic E-state index is 0.651. The number of carbonyl (C=O) groups excluding carboxylic acids is 1. The highest BCUT2D eigenvalue weighted by Gasteiger charge is 2.47. The van der Waals surface area contributed by atoms with Crippen LogP contribution >= 0.6 is 0 Å². The first-order valence-electron chi connectivity index (χ1n) is 3.43. The summed E-state index contributed by atoms with van der Waals surface area (Å²) in [5.74, 6) is -0.829. The summed E-state index contributed by atoms with van der Waals surface area (Å²) in [4.78, 5) is 10.3. The Bertz CT molecular complexity index is 181. The number of aliphatic hydroxyl groups is 4. The first-order chi connectivity index (χ1) is 5.57. The molecule has 0 radical (unpaired) electrons. The number of ether oxygens (including phenoxy) is 1. The van der Waals surface area contributed by atoms with Crippen LogP contribution < -0.4 is 0 Å². The number of aliphatic hydroxyl groups excluding tert-OH is 4. The third-order valence-corrected chi connectivity index (χ3v) is 1.72. The second kappa shape index (κ2) is 3.36. The van der Waals surface area contributed by atoms with Crippen LogP contribution in [0.1, 0.15) is 0 Å². The van der Waals surface area contributed by atoms with Crippen LogP contribution in [0, 0.1) is 0 Å². The normalized spacial score (nSPS) is 33.5. The average molecular weight is 178 g/mol. The van der Waals surface area contributed by atoms with E-state index in [2.05, 4.69) is 4.74 Å². The maximum Gasteiger partial charge on any atom is 0.339 e. The Balaban J connectivity index is 2.44. The zero-order chi connectivity index (χ0) is 9.30. The smallest absolute Gasteiger partial charge is 0.339 e. The number of carbonyl (C=O) groups is 1. The molecule has 0 amide bonds. The van der Waals surface area contributed by atoms with E-state index in [1.54, 1.807) is 0 Å². The van der Waals surface area contributed by atoms with Crippen molar-refractivity contribution in [3.05, 3.63) is 0 Å². The molecule has 1 aliphatic heterocycles. The van der Waals surface area contributed by atoms with Gasteiger partial charge in [0, 0.05) is 0 Å². The molecule has 0 aliphatic carbocycles. The number of cyclic esters (lactones) is 1. The van der Waals surface area contributed by atoms with Crippen LogP contribution in [0.5, 0.6) is 0 Å². The Kier molecular flexibility index (Phi) is 2.63. The molecule has 6 nitrogen and oxygen atoms in total. The Hall–Kier alpha value is -0.690. The lowest BCUT2D eigenvalue weighted by atomic mass is 9.99. The van der Waals surface area contributed by atoms with Crippen LogP contribution in [0.2, 0.25) is 0 Å². The summed E-state index contributed by atoms with van der Waals surface area (Å²) >= 11 is 0. The molecule has 1 heterocycles. The molecule has 6 heteroatoms. The Labute approximate surface area is 68.0 Å². The standard InChI is InChI=1S/C6H10O6/c7-1-2(8)3(9)5-4(10)6(11)12-5/h2-5,7-10H,1H2/t2-,3-,4-,5+/m1/s1. The highest BCUT2D eigenvalue weighted by atomic mass is 16.6. The minimum Gasteiger partial charge on any atom is -0.454 e. The van der Waals surface area contributed by atoms with Crippen molar-refractivity contribution in [1.29, 1.82) is 0 Å². The maximum atomic E-state index is 10.3. The maximum absolute atomic E-state index is 10.3. The molecule has 0 saturated carbocycles. The lowest BCUT2D eigenvalue weighted by Crippen LogP contribution is -2.59. The predicted octanol–water partition coefficient (Wildman–Crippen LogP) is -3.01. The summed E-state index contributed by atoms with van der Waals surface area (Å²) in [6.45, 7) is -0.651. The van der Waals surface area contributed by atoms with Gasteiger partial charge in [-0.15, -0.1) is 0 Å². The van der Waals surface area contributed by atoms with Crippen molar-refractivity contribution < 1.29 is 30.0 Å². The predicted molar refractivity (Wildman–Crippen MR) is 35.0 cm³/mol. The van der Waals surface area contributed by atoms with E-state index in [1.807, 2.05) is 0 Å². The van der Waals surface area contributed by atoms with Gasteiger partial charge in [-0.25, -0.2) is 4.79 Å². The summed E-state index contributed by atoms with van der Waals surface area (Å²) in [5, 5.41) is 35.2. The summed E-state index contributed by atoms with van der Waals surface area (Å²) in [6.07, 6.45) is -5.37. The van der Waals surface area contributed by atoms with Gasteiger partial charge in [0.25, 0.3) is 0 Å². The molecule has 0 aromatic rings. The molecule has 12 heavy (non-hydrogen) atoms. The van der Waals surface area contributed by atoms with Gasteiger partial charge in [0.2, 0.25) is 0 Å². The molecule has 1 fully saturated rings. The molecule has 4 atom stereocenters. The molecule has 70 valence electrons. The Morgan fingerprint density at radius 2 is 2.08 bits per heavy atom. The van der Waals surface area contributed by atoms with Crippen molar-refractivity contribution >= 4 is 5.97 Å². The van der Waals surface area contributed by atoms with E-state index in [1.165, 1.54) is 0 Å². The molecule has 4 N–H and O–H groups in total. The van der Waals surface area contributed by atoms with Gasteiger partial charge in [0.15, 0.2) is 12.2 Å². The molecule has 1 aliphatic rings. The minimum atomic E-state index is -1.44. The van der Waals surface area contributed by atoms with E-state index in [0.29, 0.717) is 0 Å². The molecule has 1 saturated heterocycles. The van der Waals surface area contributed by atoms with Gasteiger partial charge >= 0.3 is 5.97 Å². The largest absolute Gasteiger partial charge is 0.454 e. The van der Waals surface area contributed by atoms with Gasteiger partial charge in [0.05, 0.1) is 6.61 Å². The molecule has 0 spiro atoms. The highest BCUT2D eigenvalue weighted by molar-refractivity contribution is 5.80. The van der Waals surface area contributed by atoms with E-state index in [-0.39, 0.29) is 0 Å². The number of rotatable bonds is 3. The van der Waals surface area contributed by atoms with Crippen molar-refractivity contribution in [2.24, 2.45) is 0 Å². The summed E-state index contributed by atoms with van der Waals surface area (Å²) in [5.41, 5.74) is 0. The molecular formula is C6H10O6. The SMILES string of the molecule is O=C1O[C@@H]([C@H](O)[C@H](O)CO)[C@H]1O. The topological polar surface area (TPSA) is 107 Å². The fourth-order valence-corrected chi connectivity index (χ4v) is 0.914. The van der Waals surface area contributed by atoms with Gasteiger partial charge < -0.3 is 25.2 Å². The van der Waals surface area contributed by atoms with Gasteiger partial charge in [0.1, 0.15) is 12.2 Å². The van der Waals surface area contributed by atoms with E-state index >= 15 is 0 Å². The van der Waals surface area contributed by atoms with Crippen LogP contribution in [0.25, 0.3) is 0 Å². The highest BCUT2D eigenvalue weighted by Crippen LogP contribution is 2.19. The lowest BCUT2D eigenvalue weighted by Gasteiger charge is -2.35.